The van der Waals surface area contributed by atoms with E-state index in [1.165, 1.54) is 30.5 Å². The molecular weight excluding hydrogens is 318 g/mol. The molecule has 1 heterocycles. The fourth-order valence-electron chi connectivity index (χ4n) is 5.07. The Balaban J connectivity index is 1.62. The van der Waals surface area contributed by atoms with Gasteiger partial charge in [-0.25, -0.2) is 0 Å². The average Bonchev–Trinajstić information content (AvgIpc) is 2.71. The van der Waals surface area contributed by atoms with Crippen LogP contribution in [0.1, 0.15) is 50.0 Å². The third kappa shape index (κ3) is 3.70. The summed E-state index contributed by atoms with van der Waals surface area (Å²) in [6.45, 7) is 2.19. The highest BCUT2D eigenvalue weighted by atomic mass is 16.1. The maximum Gasteiger partial charge on any atom is 0.136 e. The first-order chi connectivity index (χ1) is 12.8. The number of rotatable bonds is 4. The Morgan fingerprint density at radius 3 is 2.31 bits per heavy atom. The monoisotopic (exact) mass is 347 g/mol. The SMILES string of the molecule is O=C1CCCC[C@H]1[C@H](c1ccccc1)[C@H]1CCCN(c2ccccc2)C1. The molecular formula is C24H29NO. The molecule has 0 unspecified atom stereocenters. The number of benzene rings is 2. The van der Waals surface area contributed by atoms with Gasteiger partial charge in [-0.15, -0.1) is 0 Å². The average molecular weight is 348 g/mol. The molecule has 2 heteroatoms. The minimum atomic E-state index is 0.215. The van der Waals surface area contributed by atoms with E-state index in [1.54, 1.807) is 0 Å². The number of piperidine rings is 1. The van der Waals surface area contributed by atoms with Gasteiger partial charge in [0, 0.05) is 31.1 Å². The molecule has 26 heavy (non-hydrogen) atoms. The normalized spacial score (nSPS) is 25.1. The zero-order valence-electron chi connectivity index (χ0n) is 15.5. The minimum absolute atomic E-state index is 0.215. The van der Waals surface area contributed by atoms with Gasteiger partial charge in [-0.05, 0) is 55.2 Å². The van der Waals surface area contributed by atoms with Crippen molar-refractivity contribution in [3.8, 4) is 0 Å². The van der Waals surface area contributed by atoms with Crippen LogP contribution in [0.15, 0.2) is 60.7 Å². The maximum absolute atomic E-state index is 12.8. The van der Waals surface area contributed by atoms with Gasteiger partial charge in [-0.2, -0.15) is 0 Å². The highest BCUT2D eigenvalue weighted by Gasteiger charge is 2.38. The summed E-state index contributed by atoms with van der Waals surface area (Å²) in [4.78, 5) is 15.3. The molecule has 1 saturated carbocycles. The van der Waals surface area contributed by atoms with Crippen molar-refractivity contribution in [2.24, 2.45) is 11.8 Å². The molecule has 0 bridgehead atoms. The van der Waals surface area contributed by atoms with Crippen LogP contribution in [0.2, 0.25) is 0 Å². The molecule has 0 spiro atoms. The maximum atomic E-state index is 12.8. The Labute approximate surface area is 157 Å². The Hall–Kier alpha value is -2.09. The second kappa shape index (κ2) is 8.07. The predicted octanol–water partition coefficient (Wildman–Crippen LogP) is 5.45. The van der Waals surface area contributed by atoms with E-state index < -0.39 is 0 Å². The lowest BCUT2D eigenvalue weighted by Gasteiger charge is -2.42. The molecule has 1 aliphatic carbocycles. The number of ketones is 1. The third-order valence-electron chi connectivity index (χ3n) is 6.31. The van der Waals surface area contributed by atoms with Crippen molar-refractivity contribution in [2.45, 2.75) is 44.4 Å². The molecule has 2 aliphatic rings. The molecule has 0 radical (unpaired) electrons. The standard InChI is InChI=1S/C24H29NO/c26-23-16-8-7-15-22(23)24(19-10-3-1-4-11-19)20-12-9-17-25(18-20)21-13-5-2-6-14-21/h1-6,10-11,13-14,20,22,24H,7-9,12,15-18H2/t20-,22+,24+/m0/s1. The summed E-state index contributed by atoms with van der Waals surface area (Å²) in [6.07, 6.45) is 6.58. The first-order valence-corrected chi connectivity index (χ1v) is 10.2. The van der Waals surface area contributed by atoms with E-state index in [1.807, 2.05) is 0 Å². The van der Waals surface area contributed by atoms with Crippen LogP contribution in [0.4, 0.5) is 5.69 Å². The van der Waals surface area contributed by atoms with Gasteiger partial charge < -0.3 is 4.90 Å². The van der Waals surface area contributed by atoms with Crippen LogP contribution in [0.25, 0.3) is 0 Å². The van der Waals surface area contributed by atoms with Crippen LogP contribution in [-0.4, -0.2) is 18.9 Å². The van der Waals surface area contributed by atoms with Crippen molar-refractivity contribution >= 4 is 11.5 Å². The second-order valence-electron chi connectivity index (χ2n) is 7.94. The highest BCUT2D eigenvalue weighted by Crippen LogP contribution is 2.42. The van der Waals surface area contributed by atoms with E-state index in [-0.39, 0.29) is 5.92 Å². The lowest BCUT2D eigenvalue weighted by atomic mass is 9.68. The first-order valence-electron chi connectivity index (χ1n) is 10.2. The highest BCUT2D eigenvalue weighted by molar-refractivity contribution is 5.82. The summed E-state index contributed by atoms with van der Waals surface area (Å²) < 4.78 is 0. The quantitative estimate of drug-likeness (QED) is 0.733. The summed E-state index contributed by atoms with van der Waals surface area (Å²) in [5, 5.41) is 0. The largest absolute Gasteiger partial charge is 0.371 e. The number of Topliss-reactive ketones (excluding diaryl/α,β-unsaturated/α-hetero) is 1. The van der Waals surface area contributed by atoms with Crippen LogP contribution in [0, 0.1) is 11.8 Å². The zero-order valence-corrected chi connectivity index (χ0v) is 15.5. The Bertz CT molecular complexity index is 712. The fourth-order valence-corrected chi connectivity index (χ4v) is 5.07. The molecule has 0 aromatic heterocycles. The first kappa shape index (κ1) is 17.3. The van der Waals surface area contributed by atoms with E-state index in [4.69, 9.17) is 0 Å². The number of carbonyl (C=O) groups is 1. The number of carbonyl (C=O) groups excluding carboxylic acids is 1. The zero-order chi connectivity index (χ0) is 17.8. The van der Waals surface area contributed by atoms with Gasteiger partial charge in [0.2, 0.25) is 0 Å². The van der Waals surface area contributed by atoms with Gasteiger partial charge in [0.05, 0.1) is 0 Å². The lowest BCUT2D eigenvalue weighted by molar-refractivity contribution is -0.125. The van der Waals surface area contributed by atoms with E-state index in [0.29, 0.717) is 17.6 Å². The second-order valence-corrected chi connectivity index (χ2v) is 7.94. The van der Waals surface area contributed by atoms with Gasteiger partial charge in [-0.3, -0.25) is 4.79 Å². The van der Waals surface area contributed by atoms with Crippen LogP contribution in [0.5, 0.6) is 0 Å². The number of nitrogens with zero attached hydrogens (tertiary/aromatic N) is 1. The molecule has 2 fully saturated rings. The van der Waals surface area contributed by atoms with Crippen LogP contribution in [-0.2, 0) is 4.79 Å². The van der Waals surface area contributed by atoms with Crippen molar-refractivity contribution in [3.63, 3.8) is 0 Å². The Morgan fingerprint density at radius 1 is 0.846 bits per heavy atom. The summed E-state index contributed by atoms with van der Waals surface area (Å²) in [5.41, 5.74) is 2.69. The predicted molar refractivity (Wildman–Crippen MR) is 108 cm³/mol. The molecule has 4 rings (SSSR count). The minimum Gasteiger partial charge on any atom is -0.371 e. The van der Waals surface area contributed by atoms with Crippen LogP contribution < -0.4 is 4.90 Å². The lowest BCUT2D eigenvalue weighted by Crippen LogP contribution is -2.41. The van der Waals surface area contributed by atoms with Crippen molar-refractivity contribution in [3.05, 3.63) is 66.2 Å². The van der Waals surface area contributed by atoms with E-state index >= 15 is 0 Å². The Morgan fingerprint density at radius 2 is 1.58 bits per heavy atom. The smallest absolute Gasteiger partial charge is 0.136 e. The fraction of sp³-hybridized carbons (Fsp3) is 0.458. The van der Waals surface area contributed by atoms with E-state index in [9.17, 15) is 4.79 Å². The van der Waals surface area contributed by atoms with Crippen molar-refractivity contribution in [1.29, 1.82) is 0 Å². The molecule has 2 aromatic carbocycles. The van der Waals surface area contributed by atoms with Crippen molar-refractivity contribution in [2.75, 3.05) is 18.0 Å². The number of anilines is 1. The molecule has 1 aliphatic heterocycles. The summed E-state index contributed by atoms with van der Waals surface area (Å²) in [7, 11) is 0. The molecule has 2 nitrogen and oxygen atoms in total. The number of hydrogen-bond acceptors (Lipinski definition) is 2. The van der Waals surface area contributed by atoms with Crippen molar-refractivity contribution < 1.29 is 4.79 Å². The van der Waals surface area contributed by atoms with Gasteiger partial charge in [0.1, 0.15) is 5.78 Å². The topological polar surface area (TPSA) is 20.3 Å². The number of hydrogen-bond donors (Lipinski definition) is 0. The molecule has 1 saturated heterocycles. The molecule has 136 valence electrons. The van der Waals surface area contributed by atoms with Gasteiger partial charge >= 0.3 is 0 Å². The van der Waals surface area contributed by atoms with Gasteiger partial charge in [-0.1, -0.05) is 55.0 Å². The van der Waals surface area contributed by atoms with Crippen LogP contribution in [0.3, 0.4) is 0 Å². The van der Waals surface area contributed by atoms with Crippen LogP contribution >= 0.6 is 0 Å². The summed E-state index contributed by atoms with van der Waals surface area (Å²) in [5.74, 6) is 1.64. The van der Waals surface area contributed by atoms with Crippen molar-refractivity contribution in [1.82, 2.24) is 0 Å². The Kier molecular flexibility index (Phi) is 5.38. The number of para-hydroxylation sites is 1. The summed E-state index contributed by atoms with van der Waals surface area (Å²) >= 11 is 0. The molecule has 2 aromatic rings. The summed E-state index contributed by atoms with van der Waals surface area (Å²) in [6, 6.07) is 21.6. The molecule has 3 atom stereocenters. The molecule has 0 N–H and O–H groups in total. The van der Waals surface area contributed by atoms with Gasteiger partial charge in [0.15, 0.2) is 0 Å². The van der Waals surface area contributed by atoms with Gasteiger partial charge in [0.25, 0.3) is 0 Å². The molecule has 0 amide bonds. The third-order valence-corrected chi connectivity index (χ3v) is 6.31. The van der Waals surface area contributed by atoms with E-state index in [2.05, 4.69) is 65.6 Å². The van der Waals surface area contributed by atoms with E-state index in [0.717, 1.165) is 32.4 Å².